The highest BCUT2D eigenvalue weighted by Gasteiger charge is 2.10. The van der Waals surface area contributed by atoms with Crippen LogP contribution in [0.2, 0.25) is 0 Å². The molecule has 0 aliphatic carbocycles. The number of fused-ring (bicyclic) bond motifs is 1. The molecule has 7 heteroatoms. The highest BCUT2D eigenvalue weighted by Crippen LogP contribution is 2.13. The van der Waals surface area contributed by atoms with Gasteiger partial charge < -0.3 is 10.1 Å². The van der Waals surface area contributed by atoms with E-state index in [1.807, 2.05) is 30.3 Å². The zero-order valence-corrected chi connectivity index (χ0v) is 12.7. The molecule has 3 rings (SSSR count). The van der Waals surface area contributed by atoms with E-state index in [1.54, 1.807) is 30.0 Å². The third kappa shape index (κ3) is 3.64. The maximum atomic E-state index is 12.1. The molecule has 0 aliphatic heterocycles. The molecule has 0 fully saturated rings. The number of carbonyl (C=O) groups is 1. The summed E-state index contributed by atoms with van der Waals surface area (Å²) in [5.74, 6) is 0.0350. The topological polar surface area (TPSA) is 80.5 Å². The second-order valence-corrected chi connectivity index (χ2v) is 4.89. The molecule has 0 atom stereocenters. The lowest BCUT2D eigenvalue weighted by Crippen LogP contribution is -2.12. The van der Waals surface area contributed by atoms with Crippen molar-refractivity contribution in [2.45, 2.75) is 0 Å². The molecule has 1 aromatic carbocycles. The molecule has 0 spiro atoms. The largest absolute Gasteiger partial charge is 0.383 e. The summed E-state index contributed by atoms with van der Waals surface area (Å²) in [6.45, 7) is 1.33. The van der Waals surface area contributed by atoms with Crippen LogP contribution in [-0.4, -0.2) is 40.8 Å². The Bertz CT molecular complexity index is 801. The summed E-state index contributed by atoms with van der Waals surface area (Å²) in [7, 11) is 1.66. The summed E-state index contributed by atoms with van der Waals surface area (Å²) in [5.41, 5.74) is 2.13. The molecule has 2 heterocycles. The number of hydrogen-bond acceptors (Lipinski definition) is 5. The van der Waals surface area contributed by atoms with Gasteiger partial charge in [0, 0.05) is 37.2 Å². The Labute approximate surface area is 133 Å². The van der Waals surface area contributed by atoms with Gasteiger partial charge in [-0.25, -0.2) is 4.52 Å². The molecule has 0 bridgehead atoms. The second-order valence-electron chi connectivity index (χ2n) is 4.89. The lowest BCUT2D eigenvalue weighted by molar-refractivity contribution is 0.102. The maximum absolute atomic E-state index is 12.1. The summed E-state index contributed by atoms with van der Waals surface area (Å²) in [4.78, 5) is 16.4. The van der Waals surface area contributed by atoms with Crippen LogP contribution >= 0.6 is 0 Å². The molecular formula is C16H17N5O2. The third-order valence-corrected chi connectivity index (χ3v) is 3.23. The molecule has 0 saturated carbocycles. The number of nitrogens with zero attached hydrogens (tertiary/aromatic N) is 3. The summed E-state index contributed by atoms with van der Waals surface area (Å²) >= 11 is 0. The number of benzene rings is 1. The van der Waals surface area contributed by atoms with E-state index >= 15 is 0 Å². The van der Waals surface area contributed by atoms with Gasteiger partial charge in [0.15, 0.2) is 5.65 Å². The molecule has 118 valence electrons. The minimum atomic E-state index is -0.236. The third-order valence-electron chi connectivity index (χ3n) is 3.23. The molecule has 1 amide bonds. The lowest BCUT2D eigenvalue weighted by Gasteiger charge is -2.04. The smallest absolute Gasteiger partial charge is 0.258 e. The zero-order chi connectivity index (χ0) is 16.1. The van der Waals surface area contributed by atoms with E-state index in [-0.39, 0.29) is 11.9 Å². The number of amides is 1. The molecule has 0 aliphatic rings. The van der Waals surface area contributed by atoms with Crippen molar-refractivity contribution in [3.63, 3.8) is 0 Å². The van der Waals surface area contributed by atoms with Crippen LogP contribution in [0.4, 0.5) is 11.6 Å². The van der Waals surface area contributed by atoms with Crippen molar-refractivity contribution in [1.82, 2.24) is 14.6 Å². The molecule has 7 nitrogen and oxygen atoms in total. The lowest BCUT2D eigenvalue weighted by atomic mass is 10.2. The predicted molar refractivity (Wildman–Crippen MR) is 87.7 cm³/mol. The van der Waals surface area contributed by atoms with Gasteiger partial charge in [-0.05, 0) is 18.2 Å². The first-order valence-electron chi connectivity index (χ1n) is 7.22. The summed E-state index contributed by atoms with van der Waals surface area (Å²) < 4.78 is 6.61. The van der Waals surface area contributed by atoms with E-state index in [1.165, 1.54) is 0 Å². The average Bonchev–Trinajstić information content (AvgIpc) is 2.97. The summed E-state index contributed by atoms with van der Waals surface area (Å²) in [6, 6.07) is 12.7. The molecule has 0 saturated heterocycles. The summed E-state index contributed by atoms with van der Waals surface area (Å²) in [6.07, 6.45) is 1.79. The number of aromatic nitrogens is 3. The van der Waals surface area contributed by atoms with Crippen molar-refractivity contribution < 1.29 is 9.53 Å². The molecule has 3 aromatic rings. The minimum absolute atomic E-state index is 0.236. The second kappa shape index (κ2) is 6.89. The van der Waals surface area contributed by atoms with E-state index in [9.17, 15) is 4.79 Å². The van der Waals surface area contributed by atoms with Gasteiger partial charge in [-0.2, -0.15) is 4.98 Å². The number of pyridine rings is 1. The number of ether oxygens (including phenoxy) is 1. The number of anilines is 2. The van der Waals surface area contributed by atoms with Gasteiger partial charge in [0.25, 0.3) is 5.91 Å². The standard InChI is InChI=1S/C16H17N5O2/c1-23-10-8-17-13-7-9-21-14(11-13)18-16(20-21)19-15(22)12-5-3-2-4-6-12/h2-7,9,11,17H,8,10H2,1H3,(H,19,20,22). The number of nitrogens with one attached hydrogen (secondary N) is 2. The van der Waals surface area contributed by atoms with Gasteiger partial charge in [-0.1, -0.05) is 18.2 Å². The SMILES string of the molecule is COCCNc1ccn2nc(NC(=O)c3ccccc3)nc2c1. The van der Waals surface area contributed by atoms with E-state index in [0.717, 1.165) is 5.69 Å². The highest BCUT2D eigenvalue weighted by molar-refractivity contribution is 6.03. The Morgan fingerprint density at radius 2 is 2.09 bits per heavy atom. The van der Waals surface area contributed by atoms with Crippen LogP contribution < -0.4 is 10.6 Å². The van der Waals surface area contributed by atoms with Crippen LogP contribution in [0.25, 0.3) is 5.65 Å². The fourth-order valence-electron chi connectivity index (χ4n) is 2.11. The Balaban J connectivity index is 1.73. The number of hydrogen-bond donors (Lipinski definition) is 2. The van der Waals surface area contributed by atoms with Crippen LogP contribution in [0.15, 0.2) is 48.7 Å². The van der Waals surface area contributed by atoms with Crippen molar-refractivity contribution in [3.8, 4) is 0 Å². The van der Waals surface area contributed by atoms with E-state index in [4.69, 9.17) is 4.74 Å². The Hall–Kier alpha value is -2.93. The van der Waals surface area contributed by atoms with Crippen LogP contribution in [0.3, 0.4) is 0 Å². The first-order valence-corrected chi connectivity index (χ1v) is 7.22. The molecule has 23 heavy (non-hydrogen) atoms. The van der Waals surface area contributed by atoms with Crippen molar-refractivity contribution in [2.75, 3.05) is 30.9 Å². The van der Waals surface area contributed by atoms with E-state index in [0.29, 0.717) is 24.4 Å². The highest BCUT2D eigenvalue weighted by atomic mass is 16.5. The van der Waals surface area contributed by atoms with Crippen LogP contribution in [0, 0.1) is 0 Å². The Morgan fingerprint density at radius 3 is 2.87 bits per heavy atom. The molecule has 0 unspecified atom stereocenters. The molecule has 2 N–H and O–H groups in total. The van der Waals surface area contributed by atoms with Gasteiger partial charge in [0.05, 0.1) is 6.61 Å². The number of carbonyl (C=O) groups excluding carboxylic acids is 1. The van der Waals surface area contributed by atoms with Crippen LogP contribution in [0.5, 0.6) is 0 Å². The van der Waals surface area contributed by atoms with Crippen molar-refractivity contribution >= 4 is 23.2 Å². The first-order chi connectivity index (χ1) is 11.3. The van der Waals surface area contributed by atoms with Gasteiger partial charge in [-0.15, -0.1) is 5.10 Å². The number of rotatable bonds is 6. The van der Waals surface area contributed by atoms with Crippen molar-refractivity contribution in [2.24, 2.45) is 0 Å². The Morgan fingerprint density at radius 1 is 1.26 bits per heavy atom. The van der Waals surface area contributed by atoms with Gasteiger partial charge >= 0.3 is 0 Å². The molecular weight excluding hydrogens is 294 g/mol. The van der Waals surface area contributed by atoms with Gasteiger partial charge in [0.2, 0.25) is 5.95 Å². The van der Waals surface area contributed by atoms with Gasteiger partial charge in [-0.3, -0.25) is 10.1 Å². The fraction of sp³-hybridized carbons (Fsp3) is 0.188. The van der Waals surface area contributed by atoms with Crippen LogP contribution in [0.1, 0.15) is 10.4 Å². The number of methoxy groups -OCH3 is 1. The quantitative estimate of drug-likeness (QED) is 0.681. The fourth-order valence-corrected chi connectivity index (χ4v) is 2.11. The Kier molecular flexibility index (Phi) is 4.49. The minimum Gasteiger partial charge on any atom is -0.383 e. The van der Waals surface area contributed by atoms with Crippen LogP contribution in [-0.2, 0) is 4.74 Å². The van der Waals surface area contributed by atoms with Crippen molar-refractivity contribution in [1.29, 1.82) is 0 Å². The predicted octanol–water partition coefficient (Wildman–Crippen LogP) is 2.04. The van der Waals surface area contributed by atoms with E-state index < -0.39 is 0 Å². The van der Waals surface area contributed by atoms with Crippen molar-refractivity contribution in [3.05, 3.63) is 54.2 Å². The average molecular weight is 311 g/mol. The normalized spacial score (nSPS) is 10.7. The van der Waals surface area contributed by atoms with E-state index in [2.05, 4.69) is 20.7 Å². The molecule has 2 aromatic heterocycles. The molecule has 0 radical (unpaired) electrons. The first kappa shape index (κ1) is 15.0. The zero-order valence-electron chi connectivity index (χ0n) is 12.7. The van der Waals surface area contributed by atoms with Gasteiger partial charge in [0.1, 0.15) is 0 Å². The maximum Gasteiger partial charge on any atom is 0.258 e. The summed E-state index contributed by atoms with van der Waals surface area (Å²) in [5, 5.41) is 10.2. The monoisotopic (exact) mass is 311 g/mol.